The van der Waals surface area contributed by atoms with Crippen LogP contribution in [0.2, 0.25) is 5.02 Å². The van der Waals surface area contributed by atoms with E-state index in [9.17, 15) is 0 Å². The van der Waals surface area contributed by atoms with Gasteiger partial charge in [-0.25, -0.2) is 0 Å². The fraction of sp³-hybridized carbons (Fsp3) is 0.625. The van der Waals surface area contributed by atoms with Crippen LogP contribution < -0.4 is 10.2 Å². The van der Waals surface area contributed by atoms with Gasteiger partial charge < -0.3 is 15.0 Å². The molecule has 1 aliphatic heterocycles. The van der Waals surface area contributed by atoms with Crippen LogP contribution >= 0.6 is 11.6 Å². The smallest absolute Gasteiger partial charge is 0.0721 e. The van der Waals surface area contributed by atoms with Gasteiger partial charge >= 0.3 is 0 Å². The standard InChI is InChI=1S/C16H25ClN2O/c1-12(2)18-10-14-6-4-7-15(17)16(14)19-8-5-9-20-13(3)11-19/h4,6-7,12-13,18H,5,8-11H2,1-3H3. The summed E-state index contributed by atoms with van der Waals surface area (Å²) < 4.78 is 5.73. The van der Waals surface area contributed by atoms with Crippen LogP contribution in [0, 0.1) is 0 Å². The lowest BCUT2D eigenvalue weighted by Crippen LogP contribution is -2.32. The van der Waals surface area contributed by atoms with Gasteiger partial charge in [0.1, 0.15) is 0 Å². The number of hydrogen-bond acceptors (Lipinski definition) is 3. The van der Waals surface area contributed by atoms with Gasteiger partial charge in [0.25, 0.3) is 0 Å². The number of benzene rings is 1. The third-order valence-corrected chi connectivity index (χ3v) is 3.84. The van der Waals surface area contributed by atoms with Crippen LogP contribution in [0.1, 0.15) is 32.8 Å². The van der Waals surface area contributed by atoms with E-state index in [0.717, 1.165) is 37.7 Å². The van der Waals surface area contributed by atoms with Gasteiger partial charge in [-0.1, -0.05) is 37.6 Å². The predicted octanol–water partition coefficient (Wildman–Crippen LogP) is 3.45. The molecule has 20 heavy (non-hydrogen) atoms. The summed E-state index contributed by atoms with van der Waals surface area (Å²) in [6.07, 6.45) is 1.30. The van der Waals surface area contributed by atoms with E-state index in [0.29, 0.717) is 6.04 Å². The molecule has 0 bridgehead atoms. The Morgan fingerprint density at radius 2 is 2.25 bits per heavy atom. The average Bonchev–Trinajstić information content (AvgIpc) is 2.61. The molecule has 1 saturated heterocycles. The Balaban J connectivity index is 2.23. The minimum Gasteiger partial charge on any atom is -0.377 e. The summed E-state index contributed by atoms with van der Waals surface area (Å²) in [7, 11) is 0. The SMILES string of the molecule is CC(C)NCc1cccc(Cl)c1N1CCCOC(C)C1. The van der Waals surface area contributed by atoms with E-state index in [2.05, 4.69) is 37.1 Å². The number of rotatable bonds is 4. The molecule has 1 aromatic carbocycles. The van der Waals surface area contributed by atoms with Gasteiger partial charge in [0.2, 0.25) is 0 Å². The first-order chi connectivity index (χ1) is 9.58. The topological polar surface area (TPSA) is 24.5 Å². The number of halogens is 1. The molecule has 0 aliphatic carbocycles. The number of nitrogens with zero attached hydrogens (tertiary/aromatic N) is 1. The van der Waals surface area contributed by atoms with Crippen molar-refractivity contribution in [3.05, 3.63) is 28.8 Å². The summed E-state index contributed by atoms with van der Waals surface area (Å²) >= 11 is 6.47. The fourth-order valence-corrected chi connectivity index (χ4v) is 2.88. The Kier molecular flexibility index (Phi) is 5.70. The van der Waals surface area contributed by atoms with Crippen LogP contribution in [0.4, 0.5) is 5.69 Å². The molecule has 0 aromatic heterocycles. The summed E-state index contributed by atoms with van der Waals surface area (Å²) in [6, 6.07) is 6.63. The highest BCUT2D eigenvalue weighted by atomic mass is 35.5. The second kappa shape index (κ2) is 7.30. The fourth-order valence-electron chi connectivity index (χ4n) is 2.57. The molecule has 3 nitrogen and oxygen atoms in total. The second-order valence-electron chi connectivity index (χ2n) is 5.76. The van der Waals surface area contributed by atoms with Crippen molar-refractivity contribution in [2.75, 3.05) is 24.6 Å². The molecule has 1 N–H and O–H groups in total. The van der Waals surface area contributed by atoms with Gasteiger partial charge in [-0.3, -0.25) is 0 Å². The lowest BCUT2D eigenvalue weighted by atomic mass is 10.1. The Labute approximate surface area is 127 Å². The third-order valence-electron chi connectivity index (χ3n) is 3.54. The van der Waals surface area contributed by atoms with Crippen molar-refractivity contribution in [1.82, 2.24) is 5.32 Å². The monoisotopic (exact) mass is 296 g/mol. The highest BCUT2D eigenvalue weighted by molar-refractivity contribution is 6.33. The summed E-state index contributed by atoms with van der Waals surface area (Å²) in [4.78, 5) is 2.37. The zero-order valence-corrected chi connectivity index (χ0v) is 13.4. The summed E-state index contributed by atoms with van der Waals surface area (Å²) in [6.45, 7) is 10.0. The highest BCUT2D eigenvalue weighted by Crippen LogP contribution is 2.31. The molecule has 0 radical (unpaired) electrons. The third kappa shape index (κ3) is 4.11. The molecule has 1 heterocycles. The van der Waals surface area contributed by atoms with Crippen molar-refractivity contribution in [3.8, 4) is 0 Å². The molecule has 1 atom stereocenters. The van der Waals surface area contributed by atoms with Crippen LogP contribution in [-0.2, 0) is 11.3 Å². The van der Waals surface area contributed by atoms with Crippen molar-refractivity contribution in [3.63, 3.8) is 0 Å². The van der Waals surface area contributed by atoms with Crippen molar-refractivity contribution < 1.29 is 4.74 Å². The summed E-state index contributed by atoms with van der Waals surface area (Å²) in [5.41, 5.74) is 2.43. The minimum absolute atomic E-state index is 0.250. The normalized spacial score (nSPS) is 20.2. The zero-order chi connectivity index (χ0) is 14.5. The molecule has 1 unspecified atom stereocenters. The highest BCUT2D eigenvalue weighted by Gasteiger charge is 2.20. The van der Waals surface area contributed by atoms with Gasteiger partial charge in [-0.15, -0.1) is 0 Å². The van der Waals surface area contributed by atoms with E-state index in [1.54, 1.807) is 0 Å². The van der Waals surface area contributed by atoms with Gasteiger partial charge in [0.15, 0.2) is 0 Å². The maximum atomic E-state index is 6.47. The first-order valence-corrected chi connectivity index (χ1v) is 7.83. The minimum atomic E-state index is 0.250. The second-order valence-corrected chi connectivity index (χ2v) is 6.17. The number of ether oxygens (including phenoxy) is 1. The van der Waals surface area contributed by atoms with Crippen LogP contribution in [0.5, 0.6) is 0 Å². The zero-order valence-electron chi connectivity index (χ0n) is 12.7. The first-order valence-electron chi connectivity index (χ1n) is 7.45. The lowest BCUT2D eigenvalue weighted by molar-refractivity contribution is 0.0821. The first kappa shape index (κ1) is 15.6. The van der Waals surface area contributed by atoms with Crippen LogP contribution in [0.25, 0.3) is 0 Å². The molecule has 0 saturated carbocycles. The summed E-state index contributed by atoms with van der Waals surface area (Å²) in [5, 5.41) is 4.31. The predicted molar refractivity (Wildman–Crippen MR) is 85.7 cm³/mol. The maximum Gasteiger partial charge on any atom is 0.0721 e. The summed E-state index contributed by atoms with van der Waals surface area (Å²) in [5.74, 6) is 0. The maximum absolute atomic E-state index is 6.47. The van der Waals surface area contributed by atoms with Crippen molar-refractivity contribution in [2.45, 2.75) is 45.9 Å². The molecular formula is C16H25ClN2O. The van der Waals surface area contributed by atoms with Crippen molar-refractivity contribution in [2.24, 2.45) is 0 Å². The van der Waals surface area contributed by atoms with Crippen molar-refractivity contribution in [1.29, 1.82) is 0 Å². The molecule has 1 aromatic rings. The van der Waals surface area contributed by atoms with Gasteiger partial charge in [0, 0.05) is 32.3 Å². The van der Waals surface area contributed by atoms with Crippen LogP contribution in [0.15, 0.2) is 18.2 Å². The Bertz CT molecular complexity index is 436. The molecule has 112 valence electrons. The molecule has 0 amide bonds. The van der Waals surface area contributed by atoms with Gasteiger partial charge in [-0.2, -0.15) is 0 Å². The Morgan fingerprint density at radius 1 is 1.45 bits per heavy atom. The van der Waals surface area contributed by atoms with E-state index in [4.69, 9.17) is 16.3 Å². The molecule has 4 heteroatoms. The Morgan fingerprint density at radius 3 is 3.00 bits per heavy atom. The van der Waals surface area contributed by atoms with E-state index in [-0.39, 0.29) is 6.10 Å². The largest absolute Gasteiger partial charge is 0.377 e. The van der Waals surface area contributed by atoms with E-state index in [1.165, 1.54) is 11.3 Å². The van der Waals surface area contributed by atoms with Crippen LogP contribution in [-0.4, -0.2) is 31.8 Å². The molecule has 0 spiro atoms. The van der Waals surface area contributed by atoms with Gasteiger partial charge in [0.05, 0.1) is 16.8 Å². The number of nitrogens with one attached hydrogen (secondary N) is 1. The Hall–Kier alpha value is -0.770. The number of anilines is 1. The molecule has 2 rings (SSSR count). The average molecular weight is 297 g/mol. The van der Waals surface area contributed by atoms with Crippen LogP contribution in [0.3, 0.4) is 0 Å². The molecule has 1 fully saturated rings. The van der Waals surface area contributed by atoms with E-state index in [1.807, 2.05) is 12.1 Å². The van der Waals surface area contributed by atoms with E-state index < -0.39 is 0 Å². The van der Waals surface area contributed by atoms with E-state index >= 15 is 0 Å². The molecular weight excluding hydrogens is 272 g/mol. The molecule has 1 aliphatic rings. The quantitative estimate of drug-likeness (QED) is 0.921. The van der Waals surface area contributed by atoms with Crippen molar-refractivity contribution >= 4 is 17.3 Å². The number of hydrogen-bond donors (Lipinski definition) is 1. The van der Waals surface area contributed by atoms with Gasteiger partial charge in [-0.05, 0) is 25.0 Å². The number of para-hydroxylation sites is 1. The lowest BCUT2D eigenvalue weighted by Gasteiger charge is -2.28.